The molecule has 0 bridgehead atoms. The molecule has 0 radical (unpaired) electrons. The van der Waals surface area contributed by atoms with Gasteiger partial charge >= 0.3 is 5.97 Å². The molecule has 1 aromatic carbocycles. The minimum atomic E-state index is -1.43. The Kier molecular flexibility index (Phi) is 14.0. The highest BCUT2D eigenvalue weighted by Gasteiger charge is 2.43. The lowest BCUT2D eigenvalue weighted by Crippen LogP contribution is -2.60. The predicted octanol–water partition coefficient (Wildman–Crippen LogP) is 1.49. The summed E-state index contributed by atoms with van der Waals surface area (Å²) in [6, 6.07) is 0.382. The number of fused-ring (bicyclic) bond motifs is 2. The minimum absolute atomic E-state index is 0.0362. The first-order chi connectivity index (χ1) is 24.3. The van der Waals surface area contributed by atoms with Crippen molar-refractivity contribution in [3.8, 4) is 0 Å². The molecule has 3 N–H and O–H groups in total. The van der Waals surface area contributed by atoms with Gasteiger partial charge in [0.1, 0.15) is 42.9 Å². The van der Waals surface area contributed by atoms with Gasteiger partial charge in [0.25, 0.3) is 0 Å². The van der Waals surface area contributed by atoms with E-state index in [0.717, 1.165) is 12.8 Å². The van der Waals surface area contributed by atoms with Gasteiger partial charge in [0.05, 0.1) is 0 Å². The summed E-state index contributed by atoms with van der Waals surface area (Å²) >= 11 is 6.20. The molecule has 3 saturated heterocycles. The lowest BCUT2D eigenvalue weighted by molar-refractivity contribution is -0.158. The lowest BCUT2D eigenvalue weighted by Gasteiger charge is -2.34. The van der Waals surface area contributed by atoms with Crippen molar-refractivity contribution in [2.45, 2.75) is 108 Å². The fraction of sp³-hybridized carbons (Fsp3) is 0.583. The first-order valence-corrected chi connectivity index (χ1v) is 18.1. The number of likely N-dealkylation sites (N-methyl/N-ethyl adjacent to an activating group) is 1. The molecule has 51 heavy (non-hydrogen) atoms. The molecular weight excluding hydrogens is 680 g/mol. The maximum absolute atomic E-state index is 14.2. The van der Waals surface area contributed by atoms with Crippen LogP contribution >= 0.6 is 11.6 Å². The van der Waals surface area contributed by atoms with E-state index in [9.17, 15) is 33.6 Å². The van der Waals surface area contributed by atoms with E-state index in [4.69, 9.17) is 16.3 Å². The summed E-state index contributed by atoms with van der Waals surface area (Å²) in [5.74, 6) is -4.18. The van der Waals surface area contributed by atoms with Crippen LogP contribution in [0.25, 0.3) is 0 Å². The number of cyclic esters (lactones) is 1. The molecule has 1 aromatic rings. The number of ether oxygens (including phenoxy) is 1. The number of hydrogen-bond donors (Lipinski definition) is 3. The highest BCUT2D eigenvalue weighted by atomic mass is 35.5. The molecule has 0 spiro atoms. The number of carbonyl (C=O) groups is 7. The van der Waals surface area contributed by atoms with Crippen molar-refractivity contribution in [3.05, 3.63) is 47.0 Å². The molecule has 14 nitrogen and oxygen atoms in total. The van der Waals surface area contributed by atoms with Gasteiger partial charge in [-0.05, 0) is 69.7 Å². The van der Waals surface area contributed by atoms with Crippen LogP contribution in [0, 0.1) is 0 Å². The average molecular weight is 729 g/mol. The number of esters is 1. The van der Waals surface area contributed by atoms with Gasteiger partial charge in [-0.1, -0.05) is 49.6 Å². The Labute approximate surface area is 303 Å². The van der Waals surface area contributed by atoms with E-state index in [1.54, 1.807) is 30.3 Å². The molecule has 278 valence electrons. The maximum atomic E-state index is 14.2. The van der Waals surface area contributed by atoms with Crippen LogP contribution < -0.4 is 16.0 Å². The van der Waals surface area contributed by atoms with Gasteiger partial charge in [-0.25, -0.2) is 4.79 Å². The van der Waals surface area contributed by atoms with E-state index in [1.807, 2.05) is 6.92 Å². The number of nitrogens with one attached hydrogen (secondary N) is 3. The highest BCUT2D eigenvalue weighted by Crippen LogP contribution is 2.23. The maximum Gasteiger partial charge on any atom is 0.328 e. The Morgan fingerprint density at radius 3 is 2.39 bits per heavy atom. The molecule has 6 atom stereocenters. The largest absolute Gasteiger partial charge is 0.461 e. The summed E-state index contributed by atoms with van der Waals surface area (Å²) in [4.78, 5) is 98.7. The molecule has 4 rings (SSSR count). The Balaban J connectivity index is 1.65. The van der Waals surface area contributed by atoms with Crippen LogP contribution in [0.15, 0.2) is 36.4 Å². The number of carbonyl (C=O) groups excluding carboxylic acids is 7. The fourth-order valence-electron chi connectivity index (χ4n) is 6.56. The molecule has 3 aliphatic heterocycles. The second-order valence-corrected chi connectivity index (χ2v) is 13.8. The van der Waals surface area contributed by atoms with Crippen LogP contribution in [0.4, 0.5) is 0 Å². The van der Waals surface area contributed by atoms with Gasteiger partial charge in [0.2, 0.25) is 35.4 Å². The second kappa shape index (κ2) is 18.2. The minimum Gasteiger partial charge on any atom is -0.461 e. The third kappa shape index (κ3) is 10.1. The van der Waals surface area contributed by atoms with E-state index in [-0.39, 0.29) is 19.5 Å². The summed E-state index contributed by atoms with van der Waals surface area (Å²) in [6.07, 6.45) is 7.29. The van der Waals surface area contributed by atoms with Crippen molar-refractivity contribution in [3.63, 3.8) is 0 Å². The predicted molar refractivity (Wildman–Crippen MR) is 188 cm³/mol. The molecule has 15 heteroatoms. The average Bonchev–Trinajstić information content (AvgIpc) is 3.80. The highest BCUT2D eigenvalue weighted by molar-refractivity contribution is 6.30. The van der Waals surface area contributed by atoms with Gasteiger partial charge in [0, 0.05) is 31.6 Å². The smallest absolute Gasteiger partial charge is 0.328 e. The van der Waals surface area contributed by atoms with Crippen LogP contribution in [0.5, 0.6) is 0 Å². The van der Waals surface area contributed by atoms with Gasteiger partial charge in [-0.3, -0.25) is 28.8 Å². The van der Waals surface area contributed by atoms with Crippen LogP contribution in [0.3, 0.4) is 0 Å². The normalized spacial score (nSPS) is 25.7. The molecule has 3 aliphatic rings. The summed E-state index contributed by atoms with van der Waals surface area (Å²) in [7, 11) is 1.46. The number of unbranched alkanes of at least 4 members (excludes halogenated alkanes) is 2. The summed E-state index contributed by atoms with van der Waals surface area (Å²) in [5, 5.41) is 8.50. The molecule has 0 saturated carbocycles. The Morgan fingerprint density at radius 1 is 1.02 bits per heavy atom. The number of amides is 6. The van der Waals surface area contributed by atoms with Gasteiger partial charge in [0.15, 0.2) is 0 Å². The third-order valence-corrected chi connectivity index (χ3v) is 9.86. The second-order valence-electron chi connectivity index (χ2n) is 13.4. The third-order valence-electron chi connectivity index (χ3n) is 9.63. The van der Waals surface area contributed by atoms with Gasteiger partial charge in [-0.15, -0.1) is 0 Å². The zero-order valence-corrected chi connectivity index (χ0v) is 30.4. The van der Waals surface area contributed by atoms with E-state index >= 15 is 0 Å². The van der Waals surface area contributed by atoms with E-state index in [2.05, 4.69) is 16.0 Å². The van der Waals surface area contributed by atoms with Crippen molar-refractivity contribution in [2.24, 2.45) is 0 Å². The number of allylic oxidation sites excluding steroid dienone is 1. The van der Waals surface area contributed by atoms with Crippen LogP contribution in [-0.2, 0) is 44.7 Å². The lowest BCUT2D eigenvalue weighted by atomic mass is 10.0. The standard InChI is InChI=1S/C36H49ClN6O8/c1-5-6-7-8-16-30(44)39-26(20-24-12-9-13-25(37)19-24)32(46)40-27-21-51-36(50)29-15-11-18-43(29)33(47)22(2)38-31(45)23(3)41(4)35(49)28-14-10-17-42(28)34(27)48/h8-9,12-13,16,19,22-23,26-29H,5-7,10-11,14-15,17-18,20-21H2,1-4H3,(H,38,45)(H,39,44)(H,40,46)/t22-,23-,26-,27-,28-,29-/m0/s1. The van der Waals surface area contributed by atoms with E-state index in [1.165, 1.54) is 41.7 Å². The monoisotopic (exact) mass is 728 g/mol. The quantitative estimate of drug-likeness (QED) is 0.195. The topological polar surface area (TPSA) is 175 Å². The summed E-state index contributed by atoms with van der Waals surface area (Å²) in [5.41, 5.74) is 0.653. The number of halogens is 1. The van der Waals surface area contributed by atoms with Crippen LogP contribution in [0.1, 0.15) is 71.3 Å². The van der Waals surface area contributed by atoms with Gasteiger partial charge in [-0.2, -0.15) is 0 Å². The van der Waals surface area contributed by atoms with Crippen molar-refractivity contribution in [1.82, 2.24) is 30.7 Å². The first kappa shape index (κ1) is 39.3. The van der Waals surface area contributed by atoms with Crippen LogP contribution in [0.2, 0.25) is 5.02 Å². The summed E-state index contributed by atoms with van der Waals surface area (Å²) in [6.45, 7) is 4.96. The Morgan fingerprint density at radius 2 is 1.71 bits per heavy atom. The van der Waals surface area contributed by atoms with Gasteiger partial charge < -0.3 is 35.4 Å². The Hall–Kier alpha value is -4.46. The van der Waals surface area contributed by atoms with Crippen molar-refractivity contribution < 1.29 is 38.3 Å². The molecule has 3 heterocycles. The number of benzene rings is 1. The van der Waals surface area contributed by atoms with E-state index in [0.29, 0.717) is 42.7 Å². The molecular formula is C36H49ClN6O8. The molecule has 0 unspecified atom stereocenters. The van der Waals surface area contributed by atoms with Crippen molar-refractivity contribution in [1.29, 1.82) is 0 Å². The summed E-state index contributed by atoms with van der Waals surface area (Å²) < 4.78 is 5.64. The van der Waals surface area contributed by atoms with Crippen molar-refractivity contribution in [2.75, 3.05) is 26.7 Å². The molecule has 0 aliphatic carbocycles. The zero-order chi connectivity index (χ0) is 37.2. The van der Waals surface area contributed by atoms with E-state index < -0.39 is 84.3 Å². The number of rotatable bonds is 9. The number of hydrogen-bond acceptors (Lipinski definition) is 8. The van der Waals surface area contributed by atoms with Crippen LogP contribution in [-0.4, -0.2) is 119 Å². The fourth-order valence-corrected chi connectivity index (χ4v) is 6.77. The molecule has 0 aromatic heterocycles. The SMILES string of the molecule is CCCCC=CC(=O)N[C@@H](Cc1cccc(Cl)c1)C(=O)N[C@H]1COC(=O)[C@@H]2CCCN2C(=O)[C@H](C)NC(=O)[C@H](C)N(C)C(=O)[C@@H]2CCCN2C1=O. The molecule has 3 fully saturated rings. The zero-order valence-electron chi connectivity index (χ0n) is 29.7. The molecule has 6 amide bonds. The first-order valence-electron chi connectivity index (χ1n) is 17.7. The van der Waals surface area contributed by atoms with Crippen molar-refractivity contribution >= 4 is 53.0 Å². The Bertz CT molecular complexity index is 1520. The number of nitrogens with zero attached hydrogens (tertiary/aromatic N) is 3.